The van der Waals surface area contributed by atoms with E-state index in [0.717, 1.165) is 25.0 Å². The van der Waals surface area contributed by atoms with Crippen LogP contribution in [0.5, 0.6) is 0 Å². The number of aryl methyl sites for hydroxylation is 2. The average molecular weight is 288 g/mol. The molecule has 3 rings (SSSR count). The number of benzene rings is 1. The Morgan fingerprint density at radius 1 is 1.19 bits per heavy atom. The van der Waals surface area contributed by atoms with Gasteiger partial charge in [-0.25, -0.2) is 23.7 Å². The second-order valence-corrected chi connectivity index (χ2v) is 4.86. The minimum Gasteiger partial charge on any atom is -0.328 e. The molecule has 0 fully saturated rings. The molecule has 2 aromatic heterocycles. The maximum Gasteiger partial charge on any atom is 0.167 e. The summed E-state index contributed by atoms with van der Waals surface area (Å²) in [6, 6.07) is 2.98. The molecule has 0 aliphatic rings. The Balaban J connectivity index is 2.27. The molecule has 2 heterocycles. The molecule has 0 atom stereocenters. The largest absolute Gasteiger partial charge is 0.328 e. The van der Waals surface area contributed by atoms with E-state index in [4.69, 9.17) is 0 Å². The summed E-state index contributed by atoms with van der Waals surface area (Å²) in [7, 11) is 0. The van der Waals surface area contributed by atoms with Gasteiger partial charge in [0.1, 0.15) is 23.4 Å². The minimum atomic E-state index is -0.575. The lowest BCUT2D eigenvalue weighted by molar-refractivity contribution is 0.616. The molecule has 0 spiro atoms. The van der Waals surface area contributed by atoms with Gasteiger partial charge in [0.25, 0.3) is 0 Å². The Bertz CT molecular complexity index is 811. The second kappa shape index (κ2) is 5.20. The Morgan fingerprint density at radius 2 is 2.00 bits per heavy atom. The molecule has 6 heteroatoms. The third-order valence-corrected chi connectivity index (χ3v) is 3.39. The van der Waals surface area contributed by atoms with Crippen molar-refractivity contribution in [1.82, 2.24) is 19.5 Å². The third kappa shape index (κ3) is 2.26. The van der Waals surface area contributed by atoms with E-state index >= 15 is 0 Å². The first-order valence-electron chi connectivity index (χ1n) is 6.74. The van der Waals surface area contributed by atoms with Gasteiger partial charge < -0.3 is 4.57 Å². The topological polar surface area (TPSA) is 43.6 Å². The molecule has 0 amide bonds. The molecule has 0 saturated carbocycles. The monoisotopic (exact) mass is 288 g/mol. The number of hydrogen-bond donors (Lipinski definition) is 0. The number of imidazole rings is 1. The zero-order valence-electron chi connectivity index (χ0n) is 11.8. The zero-order valence-corrected chi connectivity index (χ0v) is 11.8. The summed E-state index contributed by atoms with van der Waals surface area (Å²) in [5, 5.41) is 0. The summed E-state index contributed by atoms with van der Waals surface area (Å²) >= 11 is 0. The third-order valence-electron chi connectivity index (χ3n) is 3.39. The lowest BCUT2D eigenvalue weighted by Gasteiger charge is -2.07. The molecule has 0 aliphatic heterocycles. The first-order valence-corrected chi connectivity index (χ1v) is 6.74. The van der Waals surface area contributed by atoms with Crippen LogP contribution in [-0.2, 0) is 6.54 Å². The fraction of sp³-hybridized carbons (Fsp3) is 0.267. The average Bonchev–Trinajstić information content (AvgIpc) is 2.77. The van der Waals surface area contributed by atoms with Crippen LogP contribution in [0, 0.1) is 18.6 Å². The van der Waals surface area contributed by atoms with Gasteiger partial charge in [0.2, 0.25) is 0 Å². The fourth-order valence-corrected chi connectivity index (χ4v) is 2.47. The SMILES string of the molecule is CCCn1c(C)nc2c(F)cc(-c3ncncc3F)cc21. The molecule has 0 radical (unpaired) electrons. The molecule has 1 aromatic carbocycles. The van der Waals surface area contributed by atoms with Gasteiger partial charge in [0.05, 0.1) is 11.7 Å². The van der Waals surface area contributed by atoms with Crippen molar-refractivity contribution < 1.29 is 8.78 Å². The van der Waals surface area contributed by atoms with Crippen LogP contribution >= 0.6 is 0 Å². The van der Waals surface area contributed by atoms with Gasteiger partial charge in [-0.2, -0.15) is 0 Å². The summed E-state index contributed by atoms with van der Waals surface area (Å²) in [6.45, 7) is 4.60. The van der Waals surface area contributed by atoms with E-state index in [9.17, 15) is 8.78 Å². The normalized spacial score (nSPS) is 11.2. The molecule has 0 saturated heterocycles. The molecule has 0 bridgehead atoms. The van der Waals surface area contributed by atoms with Crippen molar-refractivity contribution in [2.75, 3.05) is 0 Å². The first-order chi connectivity index (χ1) is 10.1. The van der Waals surface area contributed by atoms with Crippen LogP contribution in [-0.4, -0.2) is 19.5 Å². The van der Waals surface area contributed by atoms with Gasteiger partial charge in [-0.15, -0.1) is 0 Å². The minimum absolute atomic E-state index is 0.0905. The Morgan fingerprint density at radius 3 is 2.71 bits per heavy atom. The van der Waals surface area contributed by atoms with Crippen molar-refractivity contribution >= 4 is 11.0 Å². The number of fused-ring (bicyclic) bond motifs is 1. The highest BCUT2D eigenvalue weighted by molar-refractivity contribution is 5.82. The van der Waals surface area contributed by atoms with E-state index < -0.39 is 11.6 Å². The van der Waals surface area contributed by atoms with E-state index in [1.54, 1.807) is 6.07 Å². The number of hydrogen-bond acceptors (Lipinski definition) is 3. The van der Waals surface area contributed by atoms with Crippen LogP contribution in [0.1, 0.15) is 19.2 Å². The molecule has 0 N–H and O–H groups in total. The van der Waals surface area contributed by atoms with Gasteiger partial charge in [0.15, 0.2) is 11.6 Å². The van der Waals surface area contributed by atoms with E-state index in [1.165, 1.54) is 12.4 Å². The van der Waals surface area contributed by atoms with Gasteiger partial charge in [-0.3, -0.25) is 0 Å². The number of aromatic nitrogens is 4. The van der Waals surface area contributed by atoms with E-state index in [1.807, 2.05) is 18.4 Å². The summed E-state index contributed by atoms with van der Waals surface area (Å²) < 4.78 is 30.0. The number of rotatable bonds is 3. The molecule has 108 valence electrons. The van der Waals surface area contributed by atoms with Crippen LogP contribution in [0.2, 0.25) is 0 Å². The van der Waals surface area contributed by atoms with E-state index in [2.05, 4.69) is 15.0 Å². The Labute approximate surface area is 120 Å². The highest BCUT2D eigenvalue weighted by Crippen LogP contribution is 2.27. The van der Waals surface area contributed by atoms with Crippen LogP contribution in [0.3, 0.4) is 0 Å². The summed E-state index contributed by atoms with van der Waals surface area (Å²) in [6.07, 6.45) is 3.22. The molecular weight excluding hydrogens is 274 g/mol. The predicted molar refractivity (Wildman–Crippen MR) is 75.7 cm³/mol. The van der Waals surface area contributed by atoms with Gasteiger partial charge in [-0.05, 0) is 25.5 Å². The van der Waals surface area contributed by atoms with Crippen molar-refractivity contribution in [2.24, 2.45) is 0 Å². The summed E-state index contributed by atoms with van der Waals surface area (Å²) in [5.74, 6) is -0.306. The number of halogens is 2. The highest BCUT2D eigenvalue weighted by Gasteiger charge is 2.15. The van der Waals surface area contributed by atoms with Crippen molar-refractivity contribution in [2.45, 2.75) is 26.8 Å². The molecule has 21 heavy (non-hydrogen) atoms. The van der Waals surface area contributed by atoms with Crippen molar-refractivity contribution in [1.29, 1.82) is 0 Å². The van der Waals surface area contributed by atoms with Crippen LogP contribution in [0.15, 0.2) is 24.7 Å². The summed E-state index contributed by atoms with van der Waals surface area (Å²) in [5.41, 5.74) is 1.44. The molecular formula is C15H14F2N4. The predicted octanol–water partition coefficient (Wildman–Crippen LogP) is 3.49. The molecule has 0 unspecified atom stereocenters. The van der Waals surface area contributed by atoms with Gasteiger partial charge >= 0.3 is 0 Å². The highest BCUT2D eigenvalue weighted by atomic mass is 19.1. The smallest absolute Gasteiger partial charge is 0.167 e. The first kappa shape index (κ1) is 13.6. The molecule has 3 aromatic rings. The van der Waals surface area contributed by atoms with E-state index in [0.29, 0.717) is 16.6 Å². The van der Waals surface area contributed by atoms with Crippen molar-refractivity contribution in [3.05, 3.63) is 42.1 Å². The Hall–Kier alpha value is -2.37. The van der Waals surface area contributed by atoms with Gasteiger partial charge in [-0.1, -0.05) is 6.92 Å². The maximum atomic E-state index is 14.3. The second-order valence-electron chi connectivity index (χ2n) is 4.86. The zero-order chi connectivity index (χ0) is 15.0. The lowest BCUT2D eigenvalue weighted by atomic mass is 10.1. The van der Waals surface area contributed by atoms with Gasteiger partial charge in [0, 0.05) is 12.1 Å². The van der Waals surface area contributed by atoms with Crippen molar-refractivity contribution in [3.63, 3.8) is 0 Å². The summed E-state index contributed by atoms with van der Waals surface area (Å²) in [4.78, 5) is 11.8. The lowest BCUT2D eigenvalue weighted by Crippen LogP contribution is -1.99. The number of nitrogens with zero attached hydrogens (tertiary/aromatic N) is 4. The van der Waals surface area contributed by atoms with Crippen LogP contribution < -0.4 is 0 Å². The maximum absolute atomic E-state index is 14.3. The molecule has 4 nitrogen and oxygen atoms in total. The molecule has 0 aliphatic carbocycles. The van der Waals surface area contributed by atoms with Crippen LogP contribution in [0.4, 0.5) is 8.78 Å². The quantitative estimate of drug-likeness (QED) is 0.741. The van der Waals surface area contributed by atoms with E-state index in [-0.39, 0.29) is 5.69 Å². The van der Waals surface area contributed by atoms with Crippen LogP contribution in [0.25, 0.3) is 22.3 Å². The standard InChI is InChI=1S/C15H14F2N4/c1-3-4-21-9(2)20-15-11(16)5-10(6-13(15)21)14-12(17)7-18-8-19-14/h5-8H,3-4H2,1-2H3. The van der Waals surface area contributed by atoms with Crippen molar-refractivity contribution in [3.8, 4) is 11.3 Å². The Kier molecular flexibility index (Phi) is 3.37. The fourth-order valence-electron chi connectivity index (χ4n) is 2.47.